The second-order valence-corrected chi connectivity index (χ2v) is 6.86. The highest BCUT2D eigenvalue weighted by molar-refractivity contribution is 5.94. The highest BCUT2D eigenvalue weighted by Gasteiger charge is 2.30. The van der Waals surface area contributed by atoms with Crippen molar-refractivity contribution < 1.29 is 9.59 Å². The minimum Gasteiger partial charge on any atom is -0.336 e. The van der Waals surface area contributed by atoms with E-state index < -0.39 is 6.04 Å². The zero-order valence-electron chi connectivity index (χ0n) is 15.4. The molecule has 0 radical (unpaired) electrons. The van der Waals surface area contributed by atoms with Gasteiger partial charge in [-0.3, -0.25) is 9.59 Å². The Balaban J connectivity index is 0.00000261. The average Bonchev–Trinajstić information content (AvgIpc) is 3.46. The number of hydrogen-bond donors (Lipinski definition) is 2. The SMILES string of the molecule is CC(=O)N(Cc1ccc(NC(=O)[C@@H](N)Cc2ccccc2)cc1)C1CC1.Cl. The third-order valence-electron chi connectivity index (χ3n) is 4.60. The molecule has 5 nitrogen and oxygen atoms in total. The van der Waals surface area contributed by atoms with E-state index in [-0.39, 0.29) is 24.2 Å². The van der Waals surface area contributed by atoms with Crippen LogP contribution in [0.15, 0.2) is 54.6 Å². The summed E-state index contributed by atoms with van der Waals surface area (Å²) < 4.78 is 0. The van der Waals surface area contributed by atoms with Gasteiger partial charge in [0.1, 0.15) is 0 Å². The van der Waals surface area contributed by atoms with E-state index in [1.165, 1.54) is 0 Å². The van der Waals surface area contributed by atoms with Crippen LogP contribution in [-0.4, -0.2) is 28.8 Å². The van der Waals surface area contributed by atoms with Gasteiger partial charge in [-0.1, -0.05) is 42.5 Å². The normalized spacial score (nSPS) is 14.0. The van der Waals surface area contributed by atoms with Crippen LogP contribution in [0.25, 0.3) is 0 Å². The molecule has 1 saturated carbocycles. The maximum atomic E-state index is 12.3. The first kappa shape index (κ1) is 20.9. The van der Waals surface area contributed by atoms with Crippen LogP contribution >= 0.6 is 12.4 Å². The van der Waals surface area contributed by atoms with Crippen molar-refractivity contribution in [2.45, 2.75) is 44.8 Å². The first-order valence-electron chi connectivity index (χ1n) is 8.99. The van der Waals surface area contributed by atoms with Crippen molar-refractivity contribution in [1.82, 2.24) is 4.90 Å². The summed E-state index contributed by atoms with van der Waals surface area (Å²) in [6.07, 6.45) is 2.68. The van der Waals surface area contributed by atoms with Crippen molar-refractivity contribution in [1.29, 1.82) is 0 Å². The monoisotopic (exact) mass is 387 g/mol. The molecule has 0 spiro atoms. The number of carbonyl (C=O) groups is 2. The van der Waals surface area contributed by atoms with Gasteiger partial charge in [0.2, 0.25) is 11.8 Å². The zero-order valence-corrected chi connectivity index (χ0v) is 16.2. The second-order valence-electron chi connectivity index (χ2n) is 6.86. The standard InChI is InChI=1S/C21H25N3O2.ClH/c1-15(25)24(19-11-12-19)14-17-7-9-18(10-8-17)23-21(26)20(22)13-16-5-3-2-4-6-16;/h2-10,19-20H,11-14,22H2,1H3,(H,23,26);1H/t20-;/m0./s1. The van der Waals surface area contributed by atoms with E-state index in [0.29, 0.717) is 24.7 Å². The lowest BCUT2D eigenvalue weighted by atomic mass is 10.1. The molecule has 0 saturated heterocycles. The number of halogens is 1. The Morgan fingerprint density at radius 3 is 2.26 bits per heavy atom. The van der Waals surface area contributed by atoms with Gasteiger partial charge in [-0.15, -0.1) is 12.4 Å². The van der Waals surface area contributed by atoms with Crippen molar-refractivity contribution in [3.8, 4) is 0 Å². The van der Waals surface area contributed by atoms with Crippen LogP contribution in [0.2, 0.25) is 0 Å². The summed E-state index contributed by atoms with van der Waals surface area (Å²) in [5.74, 6) is -0.0956. The topological polar surface area (TPSA) is 75.4 Å². The highest BCUT2D eigenvalue weighted by atomic mass is 35.5. The Morgan fingerprint density at radius 2 is 1.70 bits per heavy atom. The van der Waals surface area contributed by atoms with Gasteiger partial charge in [0, 0.05) is 25.2 Å². The van der Waals surface area contributed by atoms with Crippen LogP contribution in [0, 0.1) is 0 Å². The van der Waals surface area contributed by atoms with E-state index in [0.717, 1.165) is 24.0 Å². The smallest absolute Gasteiger partial charge is 0.241 e. The summed E-state index contributed by atoms with van der Waals surface area (Å²) in [6, 6.07) is 17.1. The molecule has 1 aliphatic rings. The van der Waals surface area contributed by atoms with Gasteiger partial charge in [0.25, 0.3) is 0 Å². The minimum absolute atomic E-state index is 0. The molecule has 2 aromatic carbocycles. The summed E-state index contributed by atoms with van der Waals surface area (Å²) in [5.41, 5.74) is 8.81. The van der Waals surface area contributed by atoms with E-state index in [2.05, 4.69) is 5.32 Å². The number of anilines is 1. The Hall–Kier alpha value is -2.37. The molecule has 1 fully saturated rings. The number of nitrogens with zero attached hydrogens (tertiary/aromatic N) is 1. The molecule has 3 N–H and O–H groups in total. The van der Waals surface area contributed by atoms with E-state index in [9.17, 15) is 9.59 Å². The number of carbonyl (C=O) groups excluding carboxylic acids is 2. The van der Waals surface area contributed by atoms with Gasteiger partial charge in [-0.2, -0.15) is 0 Å². The van der Waals surface area contributed by atoms with Crippen molar-refractivity contribution in [3.05, 3.63) is 65.7 Å². The maximum absolute atomic E-state index is 12.3. The highest BCUT2D eigenvalue weighted by Crippen LogP contribution is 2.28. The molecule has 27 heavy (non-hydrogen) atoms. The van der Waals surface area contributed by atoms with Crippen LogP contribution in [-0.2, 0) is 22.6 Å². The minimum atomic E-state index is -0.597. The molecule has 2 aromatic rings. The van der Waals surface area contributed by atoms with Crippen LogP contribution < -0.4 is 11.1 Å². The summed E-state index contributed by atoms with van der Waals surface area (Å²) in [5, 5.41) is 2.86. The number of nitrogens with two attached hydrogens (primary N) is 1. The first-order chi connectivity index (χ1) is 12.5. The Labute approximate surface area is 166 Å². The average molecular weight is 388 g/mol. The van der Waals surface area contributed by atoms with Gasteiger partial charge < -0.3 is 16.0 Å². The van der Waals surface area contributed by atoms with Crippen LogP contribution in [0.1, 0.15) is 30.9 Å². The van der Waals surface area contributed by atoms with E-state index in [1.807, 2.05) is 59.5 Å². The Bertz CT molecular complexity index is 761. The van der Waals surface area contributed by atoms with Crippen molar-refractivity contribution in [2.24, 2.45) is 5.73 Å². The molecular formula is C21H26ClN3O2. The van der Waals surface area contributed by atoms with Crippen molar-refractivity contribution >= 4 is 29.9 Å². The Kier molecular flexibility index (Phi) is 7.39. The summed E-state index contributed by atoms with van der Waals surface area (Å²) in [4.78, 5) is 25.9. The summed E-state index contributed by atoms with van der Waals surface area (Å²) in [7, 11) is 0. The molecule has 6 heteroatoms. The van der Waals surface area contributed by atoms with Gasteiger partial charge in [-0.05, 0) is 42.5 Å². The molecule has 1 atom stereocenters. The van der Waals surface area contributed by atoms with E-state index >= 15 is 0 Å². The lowest BCUT2D eigenvalue weighted by Gasteiger charge is -2.20. The third-order valence-corrected chi connectivity index (χ3v) is 4.60. The number of amides is 2. The van der Waals surface area contributed by atoms with Gasteiger partial charge in [0.05, 0.1) is 6.04 Å². The molecule has 0 heterocycles. The predicted octanol–water partition coefficient (Wildman–Crippen LogP) is 3.13. The lowest BCUT2D eigenvalue weighted by molar-refractivity contribution is -0.130. The van der Waals surface area contributed by atoms with Gasteiger partial charge in [-0.25, -0.2) is 0 Å². The second kappa shape index (κ2) is 9.53. The summed E-state index contributed by atoms with van der Waals surface area (Å²) >= 11 is 0. The van der Waals surface area contributed by atoms with Gasteiger partial charge in [0.15, 0.2) is 0 Å². The summed E-state index contributed by atoms with van der Waals surface area (Å²) in [6.45, 7) is 2.22. The fourth-order valence-corrected chi connectivity index (χ4v) is 2.97. The predicted molar refractivity (Wildman–Crippen MR) is 110 cm³/mol. The molecule has 0 bridgehead atoms. The fourth-order valence-electron chi connectivity index (χ4n) is 2.97. The third kappa shape index (κ3) is 6.08. The molecule has 0 unspecified atom stereocenters. The first-order valence-corrected chi connectivity index (χ1v) is 8.99. The molecule has 144 valence electrons. The van der Waals surface area contributed by atoms with Crippen molar-refractivity contribution in [3.63, 3.8) is 0 Å². The van der Waals surface area contributed by atoms with Crippen LogP contribution in [0.4, 0.5) is 5.69 Å². The Morgan fingerprint density at radius 1 is 1.07 bits per heavy atom. The molecule has 1 aliphatic carbocycles. The zero-order chi connectivity index (χ0) is 18.5. The maximum Gasteiger partial charge on any atom is 0.241 e. The number of rotatable bonds is 7. The van der Waals surface area contributed by atoms with E-state index in [4.69, 9.17) is 5.73 Å². The molecule has 0 aromatic heterocycles. The fraction of sp³-hybridized carbons (Fsp3) is 0.333. The number of nitrogens with one attached hydrogen (secondary N) is 1. The van der Waals surface area contributed by atoms with E-state index in [1.54, 1.807) is 6.92 Å². The lowest BCUT2D eigenvalue weighted by Crippen LogP contribution is -2.37. The van der Waals surface area contributed by atoms with Crippen LogP contribution in [0.5, 0.6) is 0 Å². The molecule has 0 aliphatic heterocycles. The largest absolute Gasteiger partial charge is 0.336 e. The van der Waals surface area contributed by atoms with Crippen molar-refractivity contribution in [2.75, 3.05) is 5.32 Å². The van der Waals surface area contributed by atoms with Crippen LogP contribution in [0.3, 0.4) is 0 Å². The molecular weight excluding hydrogens is 362 g/mol. The molecule has 2 amide bonds. The molecule has 3 rings (SSSR count). The van der Waals surface area contributed by atoms with Gasteiger partial charge >= 0.3 is 0 Å². The number of benzene rings is 2. The quantitative estimate of drug-likeness (QED) is 0.766. The number of hydrogen-bond acceptors (Lipinski definition) is 3.